The molecule has 0 amide bonds. The Morgan fingerprint density at radius 3 is 2.83 bits per heavy atom. The quantitative estimate of drug-likeness (QED) is 0.667. The van der Waals surface area contributed by atoms with E-state index in [0.717, 1.165) is 0 Å². The van der Waals surface area contributed by atoms with Gasteiger partial charge in [0, 0.05) is 5.02 Å². The van der Waals surface area contributed by atoms with E-state index < -0.39 is 0 Å². The second-order valence-electron chi connectivity index (χ2n) is 2.24. The van der Waals surface area contributed by atoms with Gasteiger partial charge in [0.1, 0.15) is 5.52 Å². The lowest BCUT2D eigenvalue weighted by molar-refractivity contribution is 0.425. The van der Waals surface area contributed by atoms with Crippen LogP contribution in [0, 0.1) is 0 Å². The molecule has 0 radical (unpaired) electrons. The normalized spacial score (nSPS) is 10.4. The van der Waals surface area contributed by atoms with Gasteiger partial charge in [-0.2, -0.15) is 4.98 Å². The number of halogens is 1. The summed E-state index contributed by atoms with van der Waals surface area (Å²) in [5.41, 5.74) is 1.15. The van der Waals surface area contributed by atoms with Gasteiger partial charge in [0.15, 0.2) is 0 Å². The first-order valence-corrected chi connectivity index (χ1v) is 3.62. The van der Waals surface area contributed by atoms with Crippen molar-refractivity contribution in [3.8, 4) is 6.01 Å². The van der Waals surface area contributed by atoms with Gasteiger partial charge in [-0.15, -0.1) is 5.10 Å². The molecule has 0 saturated heterocycles. The van der Waals surface area contributed by atoms with Gasteiger partial charge in [-0.3, -0.25) is 0 Å². The molecule has 1 N–H and O–H groups in total. The summed E-state index contributed by atoms with van der Waals surface area (Å²) in [4.78, 5) is 3.74. The van der Waals surface area contributed by atoms with Gasteiger partial charge >= 0.3 is 6.01 Å². The molecular formula is C7H4ClN3O. The van der Waals surface area contributed by atoms with Crippen molar-refractivity contribution in [3.05, 3.63) is 23.2 Å². The zero-order chi connectivity index (χ0) is 8.55. The number of fused-ring (bicyclic) bond motifs is 1. The van der Waals surface area contributed by atoms with E-state index in [-0.39, 0.29) is 6.01 Å². The fourth-order valence-electron chi connectivity index (χ4n) is 0.900. The highest BCUT2D eigenvalue weighted by atomic mass is 35.5. The molecule has 0 spiro atoms. The molecule has 4 nitrogen and oxygen atoms in total. The van der Waals surface area contributed by atoms with E-state index in [9.17, 15) is 0 Å². The van der Waals surface area contributed by atoms with Crippen molar-refractivity contribution >= 4 is 22.6 Å². The largest absolute Gasteiger partial charge is 0.478 e. The third-order valence-corrected chi connectivity index (χ3v) is 1.64. The molecule has 0 aliphatic heterocycles. The van der Waals surface area contributed by atoms with Crippen molar-refractivity contribution in [3.63, 3.8) is 0 Å². The SMILES string of the molecule is Oc1nnc2cc(Cl)ccc2n1. The van der Waals surface area contributed by atoms with Gasteiger partial charge in [-0.05, 0) is 18.2 Å². The lowest BCUT2D eigenvalue weighted by Gasteiger charge is -1.94. The maximum atomic E-state index is 8.88. The van der Waals surface area contributed by atoms with Gasteiger partial charge in [0.25, 0.3) is 0 Å². The molecule has 5 heteroatoms. The van der Waals surface area contributed by atoms with Crippen molar-refractivity contribution in [2.75, 3.05) is 0 Å². The maximum absolute atomic E-state index is 8.88. The Morgan fingerprint density at radius 2 is 2.00 bits per heavy atom. The fraction of sp³-hybridized carbons (Fsp3) is 0. The molecule has 1 aromatic heterocycles. The first-order valence-electron chi connectivity index (χ1n) is 3.25. The van der Waals surface area contributed by atoms with Crippen molar-refractivity contribution in [2.45, 2.75) is 0 Å². The van der Waals surface area contributed by atoms with Crippen LogP contribution in [0.3, 0.4) is 0 Å². The molecule has 0 aliphatic carbocycles. The van der Waals surface area contributed by atoms with Crippen LogP contribution in [-0.2, 0) is 0 Å². The molecule has 1 heterocycles. The molecular weight excluding hydrogens is 178 g/mol. The van der Waals surface area contributed by atoms with E-state index in [1.165, 1.54) is 0 Å². The first-order chi connectivity index (χ1) is 5.75. The van der Waals surface area contributed by atoms with Crippen molar-refractivity contribution in [1.82, 2.24) is 15.2 Å². The van der Waals surface area contributed by atoms with Gasteiger partial charge in [0.2, 0.25) is 0 Å². The first kappa shape index (κ1) is 7.24. The molecule has 1 aromatic carbocycles. The van der Waals surface area contributed by atoms with Crippen LogP contribution in [0.1, 0.15) is 0 Å². The van der Waals surface area contributed by atoms with Crippen LogP contribution in [0.15, 0.2) is 18.2 Å². The summed E-state index contributed by atoms with van der Waals surface area (Å²) in [7, 11) is 0. The number of aromatic hydroxyl groups is 1. The van der Waals surface area contributed by atoms with E-state index in [2.05, 4.69) is 15.2 Å². The fourth-order valence-corrected chi connectivity index (χ4v) is 1.07. The highest BCUT2D eigenvalue weighted by molar-refractivity contribution is 6.31. The van der Waals surface area contributed by atoms with Crippen LogP contribution in [0.2, 0.25) is 5.02 Å². The Labute approximate surface area is 72.8 Å². The smallest absolute Gasteiger partial charge is 0.333 e. The monoisotopic (exact) mass is 181 g/mol. The van der Waals surface area contributed by atoms with Crippen molar-refractivity contribution in [2.24, 2.45) is 0 Å². The number of nitrogens with zero attached hydrogens (tertiary/aromatic N) is 3. The van der Waals surface area contributed by atoms with Crippen molar-refractivity contribution < 1.29 is 5.11 Å². The average molecular weight is 182 g/mol. The van der Waals surface area contributed by atoms with Crippen molar-refractivity contribution in [1.29, 1.82) is 0 Å². The van der Waals surface area contributed by atoms with E-state index in [4.69, 9.17) is 16.7 Å². The second-order valence-corrected chi connectivity index (χ2v) is 2.68. The number of rotatable bonds is 0. The van der Waals surface area contributed by atoms with Crippen LogP contribution < -0.4 is 0 Å². The summed E-state index contributed by atoms with van der Waals surface area (Å²) in [6.45, 7) is 0. The predicted octanol–water partition coefficient (Wildman–Crippen LogP) is 1.38. The van der Waals surface area contributed by atoms with E-state index in [0.29, 0.717) is 16.1 Å². The number of aromatic nitrogens is 3. The summed E-state index contributed by atoms with van der Waals surface area (Å²) < 4.78 is 0. The van der Waals surface area contributed by atoms with Crippen LogP contribution in [0.5, 0.6) is 6.01 Å². The van der Waals surface area contributed by atoms with Gasteiger partial charge in [0.05, 0.1) is 5.52 Å². The van der Waals surface area contributed by atoms with Gasteiger partial charge in [-0.1, -0.05) is 16.7 Å². The maximum Gasteiger partial charge on any atom is 0.333 e. The summed E-state index contributed by atoms with van der Waals surface area (Å²) in [5.74, 6) is 0. The van der Waals surface area contributed by atoms with E-state index >= 15 is 0 Å². The van der Waals surface area contributed by atoms with Crippen LogP contribution in [0.25, 0.3) is 11.0 Å². The highest BCUT2D eigenvalue weighted by Crippen LogP contribution is 2.15. The molecule has 0 fully saturated rings. The molecule has 0 aliphatic rings. The number of hydrogen-bond donors (Lipinski definition) is 1. The average Bonchev–Trinajstić information content (AvgIpc) is 2.05. The Bertz CT molecular complexity index is 391. The van der Waals surface area contributed by atoms with Crippen LogP contribution in [-0.4, -0.2) is 20.3 Å². The van der Waals surface area contributed by atoms with Gasteiger partial charge in [-0.25, -0.2) is 0 Å². The zero-order valence-electron chi connectivity index (χ0n) is 5.90. The molecule has 2 rings (SSSR count). The third-order valence-electron chi connectivity index (χ3n) is 1.41. The summed E-state index contributed by atoms with van der Waals surface area (Å²) in [5, 5.41) is 16.5. The topological polar surface area (TPSA) is 58.9 Å². The Kier molecular flexibility index (Phi) is 1.55. The number of benzene rings is 1. The third kappa shape index (κ3) is 1.16. The van der Waals surface area contributed by atoms with Crippen LogP contribution >= 0.6 is 11.6 Å². The second kappa shape index (κ2) is 2.57. The summed E-state index contributed by atoms with van der Waals surface area (Å²) >= 11 is 5.70. The minimum atomic E-state index is -0.329. The van der Waals surface area contributed by atoms with Crippen LogP contribution in [0.4, 0.5) is 0 Å². The molecule has 60 valence electrons. The predicted molar refractivity (Wildman–Crippen MR) is 44.0 cm³/mol. The van der Waals surface area contributed by atoms with E-state index in [1.54, 1.807) is 18.2 Å². The lowest BCUT2D eigenvalue weighted by Crippen LogP contribution is -1.87. The minimum Gasteiger partial charge on any atom is -0.478 e. The Morgan fingerprint density at radius 1 is 1.17 bits per heavy atom. The highest BCUT2D eigenvalue weighted by Gasteiger charge is 1.99. The van der Waals surface area contributed by atoms with E-state index in [1.807, 2.05) is 0 Å². The molecule has 12 heavy (non-hydrogen) atoms. The molecule has 0 unspecified atom stereocenters. The molecule has 0 bridgehead atoms. The standard InChI is InChI=1S/C7H4ClN3O/c8-4-1-2-5-6(3-4)10-11-7(12)9-5/h1-3H,(H,9,11,12). The summed E-state index contributed by atoms with van der Waals surface area (Å²) in [6, 6.07) is 4.66. The number of hydrogen-bond acceptors (Lipinski definition) is 4. The zero-order valence-corrected chi connectivity index (χ0v) is 6.65. The molecule has 0 atom stereocenters. The summed E-state index contributed by atoms with van der Waals surface area (Å²) in [6.07, 6.45) is 0. The minimum absolute atomic E-state index is 0.329. The Balaban J connectivity index is 2.79. The molecule has 0 saturated carbocycles. The Hall–Kier alpha value is -1.42. The van der Waals surface area contributed by atoms with Gasteiger partial charge < -0.3 is 5.11 Å². The molecule has 2 aromatic rings. The lowest BCUT2D eigenvalue weighted by atomic mass is 10.3.